The number of nitrogens with two attached hydrogens (primary N) is 1. The van der Waals surface area contributed by atoms with E-state index in [9.17, 15) is 14.9 Å². The van der Waals surface area contributed by atoms with Crippen LogP contribution in [0.15, 0.2) is 18.7 Å². The monoisotopic (exact) mass is 303 g/mol. The Bertz CT molecular complexity index is 792. The molecule has 22 heavy (non-hydrogen) atoms. The minimum atomic E-state index is -1.14. The third-order valence-corrected chi connectivity index (χ3v) is 3.90. The quantitative estimate of drug-likeness (QED) is 0.648. The van der Waals surface area contributed by atoms with E-state index in [0.29, 0.717) is 22.0 Å². The molecule has 3 N–H and O–H groups in total. The third-order valence-electron chi connectivity index (χ3n) is 3.90. The summed E-state index contributed by atoms with van der Waals surface area (Å²) in [6.45, 7) is 5.43. The normalized spacial score (nSPS) is 12.3. The molecule has 0 bridgehead atoms. The zero-order chi connectivity index (χ0) is 16.6. The molecule has 1 heterocycles. The summed E-state index contributed by atoms with van der Waals surface area (Å²) in [5.74, 6) is -1.14. The van der Waals surface area contributed by atoms with Crippen molar-refractivity contribution in [1.82, 2.24) is 4.57 Å². The topological polar surface area (TPSA) is 111 Å². The van der Waals surface area contributed by atoms with E-state index in [-0.39, 0.29) is 12.1 Å². The number of nitro groups is 1. The molecule has 2 rings (SSSR count). The van der Waals surface area contributed by atoms with E-state index in [2.05, 4.69) is 6.58 Å². The standard InChI is InChI=1S/C15H17N3O4/c1-4-9-5-12-14(13(6-9)18(21)22)10(8(2)17(12)3)7-11(16)15(19)20/h4-6,11H,1,7,16H2,2-3H3,(H,19,20). The molecule has 0 aliphatic rings. The van der Waals surface area contributed by atoms with Gasteiger partial charge in [-0.05, 0) is 24.1 Å². The first-order valence-corrected chi connectivity index (χ1v) is 6.65. The van der Waals surface area contributed by atoms with Gasteiger partial charge in [0, 0.05) is 25.2 Å². The Morgan fingerprint density at radius 3 is 2.73 bits per heavy atom. The lowest BCUT2D eigenvalue weighted by Crippen LogP contribution is -2.32. The van der Waals surface area contributed by atoms with Crippen molar-refractivity contribution in [2.45, 2.75) is 19.4 Å². The Labute approximate surface area is 126 Å². The fraction of sp³-hybridized carbons (Fsp3) is 0.267. The predicted octanol–water partition coefficient (Wildman–Crippen LogP) is 1.99. The highest BCUT2D eigenvalue weighted by molar-refractivity contribution is 5.95. The first-order valence-electron chi connectivity index (χ1n) is 6.65. The van der Waals surface area contributed by atoms with E-state index in [4.69, 9.17) is 10.8 Å². The van der Waals surface area contributed by atoms with E-state index in [1.807, 2.05) is 0 Å². The Morgan fingerprint density at radius 2 is 2.23 bits per heavy atom. The fourth-order valence-corrected chi connectivity index (χ4v) is 2.59. The van der Waals surface area contributed by atoms with Crippen molar-refractivity contribution in [3.63, 3.8) is 0 Å². The van der Waals surface area contributed by atoms with Gasteiger partial charge in [0.25, 0.3) is 5.69 Å². The maximum absolute atomic E-state index is 11.4. The van der Waals surface area contributed by atoms with Crippen LogP contribution in [-0.2, 0) is 18.3 Å². The number of rotatable bonds is 5. The molecule has 7 heteroatoms. The number of non-ortho nitro benzene ring substituents is 1. The summed E-state index contributed by atoms with van der Waals surface area (Å²) in [5.41, 5.74) is 8.19. The third kappa shape index (κ3) is 2.46. The number of aromatic nitrogens is 1. The highest BCUT2D eigenvalue weighted by atomic mass is 16.6. The second kappa shape index (κ2) is 5.61. The summed E-state index contributed by atoms with van der Waals surface area (Å²) >= 11 is 0. The van der Waals surface area contributed by atoms with Gasteiger partial charge in [-0.1, -0.05) is 12.7 Å². The van der Waals surface area contributed by atoms with Crippen LogP contribution in [0.3, 0.4) is 0 Å². The number of aliphatic carboxylic acids is 1. The number of nitro benzene ring substituents is 1. The summed E-state index contributed by atoms with van der Waals surface area (Å²) in [4.78, 5) is 21.9. The predicted molar refractivity (Wildman–Crippen MR) is 83.7 cm³/mol. The first-order chi connectivity index (χ1) is 10.3. The summed E-state index contributed by atoms with van der Waals surface area (Å²) < 4.78 is 1.80. The van der Waals surface area contributed by atoms with Gasteiger partial charge >= 0.3 is 5.97 Å². The lowest BCUT2D eigenvalue weighted by molar-refractivity contribution is -0.383. The number of aryl methyl sites for hydroxylation is 1. The van der Waals surface area contributed by atoms with Crippen LogP contribution in [0.1, 0.15) is 16.8 Å². The van der Waals surface area contributed by atoms with Crippen molar-refractivity contribution in [3.8, 4) is 0 Å². The zero-order valence-electron chi connectivity index (χ0n) is 12.4. The number of carbonyl (C=O) groups is 1. The Hall–Kier alpha value is -2.67. The Kier molecular flexibility index (Phi) is 4.01. The summed E-state index contributed by atoms with van der Waals surface area (Å²) in [7, 11) is 1.78. The molecule has 1 aromatic carbocycles. The van der Waals surface area contributed by atoms with Crippen LogP contribution in [0.2, 0.25) is 0 Å². The number of fused-ring (bicyclic) bond motifs is 1. The largest absolute Gasteiger partial charge is 0.480 e. The first kappa shape index (κ1) is 15.7. The van der Waals surface area contributed by atoms with E-state index in [1.165, 1.54) is 12.1 Å². The molecular weight excluding hydrogens is 286 g/mol. The van der Waals surface area contributed by atoms with Crippen molar-refractivity contribution in [2.75, 3.05) is 0 Å². The van der Waals surface area contributed by atoms with E-state index < -0.39 is 16.9 Å². The Morgan fingerprint density at radius 1 is 1.59 bits per heavy atom. The average Bonchev–Trinajstić information content (AvgIpc) is 2.71. The second-order valence-corrected chi connectivity index (χ2v) is 5.17. The maximum atomic E-state index is 11.4. The van der Waals surface area contributed by atoms with Crippen LogP contribution in [-0.4, -0.2) is 26.6 Å². The number of hydrogen-bond acceptors (Lipinski definition) is 4. The number of hydrogen-bond donors (Lipinski definition) is 2. The molecule has 0 radical (unpaired) electrons. The van der Waals surface area contributed by atoms with Crippen LogP contribution in [0.4, 0.5) is 5.69 Å². The van der Waals surface area contributed by atoms with Crippen molar-refractivity contribution in [3.05, 3.63) is 45.6 Å². The number of carboxylic acid groups (broad SMARTS) is 1. The molecule has 0 spiro atoms. The van der Waals surface area contributed by atoms with Crippen molar-refractivity contribution >= 4 is 28.6 Å². The van der Waals surface area contributed by atoms with Crippen LogP contribution in [0, 0.1) is 17.0 Å². The summed E-state index contributed by atoms with van der Waals surface area (Å²) in [6.07, 6.45) is 1.57. The second-order valence-electron chi connectivity index (χ2n) is 5.17. The zero-order valence-corrected chi connectivity index (χ0v) is 12.4. The van der Waals surface area contributed by atoms with Gasteiger partial charge in [-0.2, -0.15) is 0 Å². The number of nitrogens with zero attached hydrogens (tertiary/aromatic N) is 2. The molecule has 0 amide bonds. The molecule has 0 aliphatic carbocycles. The van der Waals surface area contributed by atoms with Crippen LogP contribution >= 0.6 is 0 Å². The SMILES string of the molecule is C=Cc1cc([N+](=O)[O-])c2c(CC(N)C(=O)O)c(C)n(C)c2c1. The van der Waals surface area contributed by atoms with Crippen LogP contribution in [0.25, 0.3) is 17.0 Å². The highest BCUT2D eigenvalue weighted by Crippen LogP contribution is 2.35. The fourth-order valence-electron chi connectivity index (χ4n) is 2.59. The van der Waals surface area contributed by atoms with Crippen molar-refractivity contribution in [2.24, 2.45) is 12.8 Å². The van der Waals surface area contributed by atoms with Gasteiger partial charge in [-0.25, -0.2) is 0 Å². The van der Waals surface area contributed by atoms with Gasteiger partial charge in [0.05, 0.1) is 15.8 Å². The van der Waals surface area contributed by atoms with Crippen molar-refractivity contribution < 1.29 is 14.8 Å². The molecular formula is C15H17N3O4. The summed E-state index contributed by atoms with van der Waals surface area (Å²) in [6, 6.07) is 2.12. The average molecular weight is 303 g/mol. The maximum Gasteiger partial charge on any atom is 0.320 e. The molecule has 0 aliphatic heterocycles. The Balaban J connectivity index is 2.81. The van der Waals surface area contributed by atoms with Crippen LogP contribution in [0.5, 0.6) is 0 Å². The molecule has 0 saturated heterocycles. The van der Waals surface area contributed by atoms with Gasteiger partial charge < -0.3 is 15.4 Å². The van der Waals surface area contributed by atoms with E-state index >= 15 is 0 Å². The van der Waals surface area contributed by atoms with Crippen molar-refractivity contribution in [1.29, 1.82) is 0 Å². The van der Waals surface area contributed by atoms with Gasteiger partial charge in [0.2, 0.25) is 0 Å². The molecule has 116 valence electrons. The molecule has 7 nitrogen and oxygen atoms in total. The van der Waals surface area contributed by atoms with E-state index in [1.54, 1.807) is 24.6 Å². The van der Waals surface area contributed by atoms with Gasteiger partial charge in [0.15, 0.2) is 0 Å². The highest BCUT2D eigenvalue weighted by Gasteiger charge is 2.25. The minimum absolute atomic E-state index is 0.0345. The van der Waals surface area contributed by atoms with Gasteiger partial charge in [-0.15, -0.1) is 0 Å². The van der Waals surface area contributed by atoms with Gasteiger partial charge in [-0.3, -0.25) is 14.9 Å². The summed E-state index contributed by atoms with van der Waals surface area (Å²) in [5, 5.41) is 20.8. The smallest absolute Gasteiger partial charge is 0.320 e. The van der Waals surface area contributed by atoms with Crippen LogP contribution < -0.4 is 5.73 Å². The number of carboxylic acids is 1. The molecule has 1 unspecified atom stereocenters. The minimum Gasteiger partial charge on any atom is -0.480 e. The molecule has 2 aromatic rings. The number of benzene rings is 1. The molecule has 1 aromatic heterocycles. The van der Waals surface area contributed by atoms with E-state index in [0.717, 1.165) is 5.69 Å². The lowest BCUT2D eigenvalue weighted by atomic mass is 10.0. The van der Waals surface area contributed by atoms with Gasteiger partial charge in [0.1, 0.15) is 6.04 Å². The molecule has 0 saturated carbocycles. The molecule has 1 atom stereocenters. The molecule has 0 fully saturated rings. The lowest BCUT2D eigenvalue weighted by Gasteiger charge is -2.07.